The van der Waals surface area contributed by atoms with Crippen molar-refractivity contribution in [2.24, 2.45) is 0 Å². The van der Waals surface area contributed by atoms with E-state index in [4.69, 9.17) is 19.4 Å². The van der Waals surface area contributed by atoms with Crippen molar-refractivity contribution in [3.05, 3.63) is 210 Å². The first-order valence-electron chi connectivity index (χ1n) is 18.3. The fourth-order valence-electron chi connectivity index (χ4n) is 8.66. The summed E-state index contributed by atoms with van der Waals surface area (Å²) in [5.74, 6) is 1.80. The molecule has 0 N–H and O–H groups in total. The van der Waals surface area contributed by atoms with Gasteiger partial charge >= 0.3 is 0 Å². The first kappa shape index (κ1) is 30.5. The fourth-order valence-corrected chi connectivity index (χ4v) is 8.66. The van der Waals surface area contributed by atoms with Gasteiger partial charge in [-0.2, -0.15) is 0 Å². The van der Waals surface area contributed by atoms with Crippen molar-refractivity contribution in [2.75, 3.05) is 0 Å². The maximum absolute atomic E-state index is 6.99. The third kappa shape index (κ3) is 4.47. The molecule has 0 bridgehead atoms. The van der Waals surface area contributed by atoms with Crippen molar-refractivity contribution in [3.8, 4) is 45.3 Å². The highest BCUT2D eigenvalue weighted by molar-refractivity contribution is 6.11. The number of fused-ring (bicyclic) bond motifs is 7. The predicted molar refractivity (Wildman–Crippen MR) is 218 cm³/mol. The summed E-state index contributed by atoms with van der Waals surface area (Å²) in [6, 6.07) is 66.2. The SMILES string of the molecule is c1ccc(-c2nc(-c3cccc4ccccc34)nc(-c3cccc4c3oc3cc5c(cc34)-c3ccccc3C5(c3ccccc3)c3ccccc3)n2)cc1. The normalized spacial score (nSPS) is 13.0. The second-order valence-corrected chi connectivity index (χ2v) is 13.9. The molecule has 11 rings (SSSR count). The van der Waals surface area contributed by atoms with Crippen LogP contribution in [0.3, 0.4) is 0 Å². The Kier molecular flexibility index (Phi) is 6.73. The summed E-state index contributed by atoms with van der Waals surface area (Å²) in [5, 5.41) is 4.31. The van der Waals surface area contributed by atoms with Crippen molar-refractivity contribution in [3.63, 3.8) is 0 Å². The first-order chi connectivity index (χ1) is 26.8. The van der Waals surface area contributed by atoms with Crippen molar-refractivity contribution >= 4 is 32.7 Å². The van der Waals surface area contributed by atoms with Gasteiger partial charge in [0.15, 0.2) is 17.5 Å². The third-order valence-corrected chi connectivity index (χ3v) is 11.0. The van der Waals surface area contributed by atoms with E-state index in [-0.39, 0.29) is 0 Å². The van der Waals surface area contributed by atoms with Crippen molar-refractivity contribution < 1.29 is 4.42 Å². The molecule has 1 aliphatic carbocycles. The van der Waals surface area contributed by atoms with Gasteiger partial charge in [-0.25, -0.2) is 15.0 Å². The zero-order valence-electron chi connectivity index (χ0n) is 29.1. The van der Waals surface area contributed by atoms with Crippen molar-refractivity contribution in [1.82, 2.24) is 15.0 Å². The molecule has 2 heterocycles. The molecule has 4 nitrogen and oxygen atoms in total. The number of aromatic nitrogens is 3. The Morgan fingerprint density at radius 2 is 0.926 bits per heavy atom. The minimum absolute atomic E-state index is 0.517. The molecule has 2 aromatic heterocycles. The minimum Gasteiger partial charge on any atom is -0.455 e. The average Bonchev–Trinajstić information content (AvgIpc) is 3.76. The molecule has 10 aromatic rings. The molecule has 0 unspecified atom stereocenters. The van der Waals surface area contributed by atoms with Gasteiger partial charge in [0, 0.05) is 21.9 Å². The number of rotatable bonds is 5. The van der Waals surface area contributed by atoms with Crippen LogP contribution in [0.15, 0.2) is 192 Å². The van der Waals surface area contributed by atoms with Gasteiger partial charge in [0.25, 0.3) is 0 Å². The molecular weight excluding hydrogens is 659 g/mol. The highest BCUT2D eigenvalue weighted by Gasteiger charge is 2.46. The quantitative estimate of drug-likeness (QED) is 0.180. The van der Waals surface area contributed by atoms with Crippen LogP contribution in [0.2, 0.25) is 0 Å². The van der Waals surface area contributed by atoms with E-state index in [9.17, 15) is 0 Å². The number of furan rings is 1. The topological polar surface area (TPSA) is 51.8 Å². The molecular formula is C50H31N3O. The van der Waals surface area contributed by atoms with E-state index >= 15 is 0 Å². The maximum Gasteiger partial charge on any atom is 0.167 e. The average molecular weight is 690 g/mol. The zero-order chi connectivity index (χ0) is 35.6. The summed E-state index contributed by atoms with van der Waals surface area (Å²) in [7, 11) is 0. The van der Waals surface area contributed by atoms with Crippen molar-refractivity contribution in [1.29, 1.82) is 0 Å². The van der Waals surface area contributed by atoms with Gasteiger partial charge in [0.05, 0.1) is 11.0 Å². The molecule has 252 valence electrons. The van der Waals surface area contributed by atoms with Crippen LogP contribution in [-0.4, -0.2) is 15.0 Å². The highest BCUT2D eigenvalue weighted by Crippen LogP contribution is 2.57. The molecule has 0 saturated heterocycles. The molecule has 0 radical (unpaired) electrons. The van der Waals surface area contributed by atoms with E-state index in [1.807, 2.05) is 30.3 Å². The summed E-state index contributed by atoms with van der Waals surface area (Å²) < 4.78 is 6.99. The smallest absolute Gasteiger partial charge is 0.167 e. The van der Waals surface area contributed by atoms with Crippen LogP contribution >= 0.6 is 0 Å². The Hall–Kier alpha value is -7.17. The molecule has 8 aromatic carbocycles. The second kappa shape index (κ2) is 11.9. The second-order valence-electron chi connectivity index (χ2n) is 13.9. The number of hydrogen-bond acceptors (Lipinski definition) is 4. The minimum atomic E-state index is -0.517. The number of para-hydroxylation sites is 1. The summed E-state index contributed by atoms with van der Waals surface area (Å²) in [6.45, 7) is 0. The van der Waals surface area contributed by atoms with E-state index in [2.05, 4.69) is 158 Å². The number of hydrogen-bond donors (Lipinski definition) is 0. The van der Waals surface area contributed by atoms with Crippen LogP contribution in [0.25, 0.3) is 78.0 Å². The molecule has 54 heavy (non-hydrogen) atoms. The van der Waals surface area contributed by atoms with Crippen LogP contribution in [0.5, 0.6) is 0 Å². The molecule has 0 fully saturated rings. The summed E-state index contributed by atoms with van der Waals surface area (Å²) in [4.78, 5) is 15.4. The maximum atomic E-state index is 6.99. The van der Waals surface area contributed by atoms with Gasteiger partial charge in [-0.05, 0) is 62.4 Å². The Morgan fingerprint density at radius 1 is 0.370 bits per heavy atom. The highest BCUT2D eigenvalue weighted by atomic mass is 16.3. The van der Waals surface area contributed by atoms with Crippen LogP contribution in [0.1, 0.15) is 22.3 Å². The molecule has 0 atom stereocenters. The van der Waals surface area contributed by atoms with Crippen LogP contribution in [0, 0.1) is 0 Å². The van der Waals surface area contributed by atoms with Crippen molar-refractivity contribution in [2.45, 2.75) is 5.41 Å². The summed E-state index contributed by atoms with van der Waals surface area (Å²) in [5.41, 5.74) is 11.1. The van der Waals surface area contributed by atoms with E-state index in [0.717, 1.165) is 49.4 Å². The molecule has 0 saturated carbocycles. The van der Waals surface area contributed by atoms with Crippen LogP contribution in [-0.2, 0) is 5.41 Å². The molecule has 0 spiro atoms. The Labute approximate surface area is 312 Å². The number of benzene rings is 8. The molecule has 0 aliphatic heterocycles. The van der Waals surface area contributed by atoms with E-state index < -0.39 is 5.41 Å². The Balaban J connectivity index is 1.17. The lowest BCUT2D eigenvalue weighted by Gasteiger charge is -2.33. The first-order valence-corrected chi connectivity index (χ1v) is 18.3. The number of nitrogens with zero attached hydrogens (tertiary/aromatic N) is 3. The standard InChI is InChI=1S/C50H31N3O/c1-4-17-33(18-5-1)47-51-48(39-27-14-19-32-16-10-11-24-36(32)39)53-49(52-47)40-28-15-26-38-42-30-41-37-25-12-13-29-43(37)50(34-20-6-2-7-21-34,35-22-8-3-9-23-35)44(41)31-45(42)54-46(38)40/h1-31H. The van der Waals surface area contributed by atoms with Gasteiger partial charge in [0.2, 0.25) is 0 Å². The van der Waals surface area contributed by atoms with Gasteiger partial charge in [0.1, 0.15) is 11.2 Å². The van der Waals surface area contributed by atoms with Gasteiger partial charge < -0.3 is 4.42 Å². The van der Waals surface area contributed by atoms with Gasteiger partial charge in [-0.15, -0.1) is 0 Å². The lowest BCUT2D eigenvalue weighted by Crippen LogP contribution is -2.28. The Morgan fingerprint density at radius 3 is 1.70 bits per heavy atom. The molecule has 0 amide bonds. The predicted octanol–water partition coefficient (Wildman–Crippen LogP) is 12.3. The van der Waals surface area contributed by atoms with E-state index in [0.29, 0.717) is 17.5 Å². The van der Waals surface area contributed by atoms with Crippen LogP contribution in [0.4, 0.5) is 0 Å². The zero-order valence-corrected chi connectivity index (χ0v) is 29.1. The largest absolute Gasteiger partial charge is 0.455 e. The summed E-state index contributed by atoms with van der Waals surface area (Å²) >= 11 is 0. The van der Waals surface area contributed by atoms with Gasteiger partial charge in [-0.3, -0.25) is 0 Å². The lowest BCUT2D eigenvalue weighted by atomic mass is 9.67. The summed E-state index contributed by atoms with van der Waals surface area (Å²) in [6.07, 6.45) is 0. The van der Waals surface area contributed by atoms with E-state index in [1.165, 1.54) is 33.4 Å². The van der Waals surface area contributed by atoms with E-state index in [1.54, 1.807) is 0 Å². The third-order valence-electron chi connectivity index (χ3n) is 11.0. The lowest BCUT2D eigenvalue weighted by molar-refractivity contribution is 0.666. The Bertz CT molecular complexity index is 3000. The molecule has 1 aliphatic rings. The van der Waals surface area contributed by atoms with Crippen LogP contribution < -0.4 is 0 Å². The monoisotopic (exact) mass is 689 g/mol. The molecule has 4 heteroatoms. The fraction of sp³-hybridized carbons (Fsp3) is 0.0200. The van der Waals surface area contributed by atoms with Gasteiger partial charge in [-0.1, -0.05) is 170 Å².